The molecule has 0 spiro atoms. The Morgan fingerprint density at radius 2 is 1.86 bits per heavy atom. The Morgan fingerprint density at radius 3 is 2.46 bits per heavy atom. The predicted molar refractivity (Wildman–Crippen MR) is 95.9 cm³/mol. The van der Waals surface area contributed by atoms with Gasteiger partial charge in [0.1, 0.15) is 33.4 Å². The first-order chi connectivity index (χ1) is 13.0. The second kappa shape index (κ2) is 7.41. The molecular formula is C18H18F5N3OS. The van der Waals surface area contributed by atoms with E-state index in [0.717, 1.165) is 18.4 Å². The molecule has 4 nitrogen and oxygen atoms in total. The average Bonchev–Trinajstić information content (AvgIpc) is 2.82. The van der Waals surface area contributed by atoms with Crippen LogP contribution in [0.15, 0.2) is 36.4 Å². The van der Waals surface area contributed by atoms with Gasteiger partial charge in [0, 0.05) is 23.9 Å². The first kappa shape index (κ1) is 20.7. The lowest BCUT2D eigenvalue weighted by molar-refractivity contribution is -0.000592. The maximum atomic E-state index is 15.0. The van der Waals surface area contributed by atoms with E-state index in [-0.39, 0.29) is 23.1 Å². The summed E-state index contributed by atoms with van der Waals surface area (Å²) >= 11 is 0. The van der Waals surface area contributed by atoms with Crippen LogP contribution < -0.4 is 10.0 Å². The Balaban J connectivity index is 1.92. The molecule has 152 valence electrons. The second-order valence-electron chi connectivity index (χ2n) is 6.83. The first-order valence-corrected chi connectivity index (χ1v) is 10.3. The van der Waals surface area contributed by atoms with Crippen molar-refractivity contribution in [2.45, 2.75) is 24.4 Å². The van der Waals surface area contributed by atoms with Gasteiger partial charge in [-0.3, -0.25) is 0 Å². The van der Waals surface area contributed by atoms with Crippen LogP contribution in [0.25, 0.3) is 11.1 Å². The number of rotatable bonds is 5. The highest BCUT2D eigenvalue weighted by molar-refractivity contribution is 7.89. The van der Waals surface area contributed by atoms with Gasteiger partial charge < -0.3 is 5.32 Å². The third-order valence-electron chi connectivity index (χ3n) is 4.50. The minimum absolute atomic E-state index is 0.0148. The van der Waals surface area contributed by atoms with E-state index in [1.54, 1.807) is 0 Å². The van der Waals surface area contributed by atoms with Crippen molar-refractivity contribution in [3.63, 3.8) is 0 Å². The molecule has 2 unspecified atom stereocenters. The van der Waals surface area contributed by atoms with Crippen LogP contribution in [0.1, 0.15) is 5.56 Å². The van der Waals surface area contributed by atoms with E-state index in [1.807, 2.05) is 0 Å². The molecule has 1 fully saturated rings. The van der Waals surface area contributed by atoms with E-state index < -0.39 is 51.9 Å². The van der Waals surface area contributed by atoms with E-state index in [9.17, 15) is 26.2 Å². The van der Waals surface area contributed by atoms with Crippen LogP contribution in [-0.2, 0) is 16.3 Å². The summed E-state index contributed by atoms with van der Waals surface area (Å²) in [7, 11) is -3.42. The summed E-state index contributed by atoms with van der Waals surface area (Å²) in [5, 5.41) is 2.56. The SMILES string of the molecule is CS(=N)(=O)NC1[C@H](Cc2cccc(-c3cc(F)cc(F)c3)c2F)NCC1(F)F. The number of benzene rings is 2. The summed E-state index contributed by atoms with van der Waals surface area (Å²) in [5.74, 6) is -5.79. The predicted octanol–water partition coefficient (Wildman–Crippen LogP) is 3.47. The monoisotopic (exact) mass is 419 g/mol. The number of halogens is 5. The molecular weight excluding hydrogens is 401 g/mol. The quantitative estimate of drug-likeness (QED) is 0.650. The van der Waals surface area contributed by atoms with Crippen molar-refractivity contribution >= 4 is 9.92 Å². The van der Waals surface area contributed by atoms with Gasteiger partial charge in [-0.05, 0) is 29.7 Å². The lowest BCUT2D eigenvalue weighted by Crippen LogP contribution is -2.51. The lowest BCUT2D eigenvalue weighted by Gasteiger charge is -2.25. The molecule has 3 N–H and O–H groups in total. The van der Waals surface area contributed by atoms with Crippen molar-refractivity contribution in [3.8, 4) is 11.1 Å². The fraction of sp³-hybridized carbons (Fsp3) is 0.333. The van der Waals surface area contributed by atoms with E-state index >= 15 is 0 Å². The number of alkyl halides is 2. The molecule has 1 aliphatic heterocycles. The van der Waals surface area contributed by atoms with Gasteiger partial charge in [0.05, 0.1) is 6.54 Å². The zero-order chi connectivity index (χ0) is 20.7. The molecule has 2 aromatic rings. The van der Waals surface area contributed by atoms with E-state index in [2.05, 4.69) is 10.0 Å². The maximum absolute atomic E-state index is 15.0. The van der Waals surface area contributed by atoms with Crippen LogP contribution in [0.5, 0.6) is 0 Å². The Hall–Kier alpha value is -2.04. The van der Waals surface area contributed by atoms with Crippen LogP contribution in [0.4, 0.5) is 22.0 Å². The molecule has 0 amide bonds. The Kier molecular flexibility index (Phi) is 5.48. The fourth-order valence-electron chi connectivity index (χ4n) is 3.30. The van der Waals surface area contributed by atoms with Gasteiger partial charge in [0.15, 0.2) is 0 Å². The van der Waals surface area contributed by atoms with Crippen molar-refractivity contribution in [1.29, 1.82) is 4.78 Å². The third-order valence-corrected chi connectivity index (χ3v) is 5.20. The Labute approximate surface area is 159 Å². The van der Waals surface area contributed by atoms with Crippen molar-refractivity contribution < 1.29 is 26.2 Å². The van der Waals surface area contributed by atoms with Gasteiger partial charge in [-0.1, -0.05) is 18.2 Å². The van der Waals surface area contributed by atoms with E-state index in [1.165, 1.54) is 18.2 Å². The van der Waals surface area contributed by atoms with E-state index in [0.29, 0.717) is 6.07 Å². The van der Waals surface area contributed by atoms with Crippen molar-refractivity contribution in [3.05, 3.63) is 59.4 Å². The maximum Gasteiger partial charge on any atom is 0.277 e. The number of hydrogen-bond donors (Lipinski definition) is 3. The third kappa shape index (κ3) is 4.50. The van der Waals surface area contributed by atoms with Gasteiger partial charge in [-0.2, -0.15) is 0 Å². The van der Waals surface area contributed by atoms with E-state index in [4.69, 9.17) is 4.78 Å². The molecule has 0 bridgehead atoms. The molecule has 0 radical (unpaired) electrons. The molecule has 10 heteroatoms. The zero-order valence-electron chi connectivity index (χ0n) is 14.7. The lowest BCUT2D eigenvalue weighted by atomic mass is 9.95. The largest absolute Gasteiger partial charge is 0.306 e. The van der Waals surface area contributed by atoms with Crippen LogP contribution in [0.2, 0.25) is 0 Å². The zero-order valence-corrected chi connectivity index (χ0v) is 15.6. The van der Waals surface area contributed by atoms with Gasteiger partial charge in [-0.25, -0.2) is 35.7 Å². The van der Waals surface area contributed by atoms with Crippen LogP contribution in [0, 0.1) is 22.2 Å². The Morgan fingerprint density at radius 1 is 1.21 bits per heavy atom. The normalized spacial score (nSPS) is 23.5. The molecule has 0 saturated carbocycles. The number of nitrogens with one attached hydrogen (secondary N) is 3. The molecule has 3 rings (SSSR count). The highest BCUT2D eigenvalue weighted by atomic mass is 32.2. The highest BCUT2D eigenvalue weighted by Crippen LogP contribution is 2.31. The molecule has 0 aromatic heterocycles. The topological polar surface area (TPSA) is 65.0 Å². The summed E-state index contributed by atoms with van der Waals surface area (Å²) < 4.78 is 91.3. The highest BCUT2D eigenvalue weighted by Gasteiger charge is 2.50. The second-order valence-corrected chi connectivity index (χ2v) is 8.75. The summed E-state index contributed by atoms with van der Waals surface area (Å²) in [4.78, 5) is 0. The summed E-state index contributed by atoms with van der Waals surface area (Å²) in [6.07, 6.45) is 0.790. The van der Waals surface area contributed by atoms with Gasteiger partial charge in [0.25, 0.3) is 5.92 Å². The molecule has 0 aliphatic carbocycles. The average molecular weight is 419 g/mol. The molecule has 3 atom stereocenters. The first-order valence-electron chi connectivity index (χ1n) is 8.32. The van der Waals surface area contributed by atoms with Gasteiger partial charge >= 0.3 is 0 Å². The van der Waals surface area contributed by atoms with Crippen molar-refractivity contribution in [2.24, 2.45) is 0 Å². The van der Waals surface area contributed by atoms with Crippen molar-refractivity contribution in [1.82, 2.24) is 10.0 Å². The summed E-state index contributed by atoms with van der Waals surface area (Å²) in [5.41, 5.74) is -0.0272. The molecule has 1 heterocycles. The summed E-state index contributed by atoms with van der Waals surface area (Å²) in [6.45, 7) is -0.707. The fourth-order valence-corrected chi connectivity index (χ4v) is 4.12. The minimum atomic E-state index is -3.42. The molecule has 2 aromatic carbocycles. The van der Waals surface area contributed by atoms with Gasteiger partial charge in [0.2, 0.25) is 0 Å². The standard InChI is InChI=1S/C18H18F5N3OS/c1-28(24,27)26-17-15(25-9-18(17,22)23)7-10-3-2-4-14(16(10)21)11-5-12(19)8-13(20)6-11/h2-6,8,15,17,25H,7,9H2,1H3,(H2,24,26,27)/t15-,17?,28?/m0/s1. The smallest absolute Gasteiger partial charge is 0.277 e. The van der Waals surface area contributed by atoms with Crippen LogP contribution in [0.3, 0.4) is 0 Å². The Bertz CT molecular complexity index is 976. The van der Waals surface area contributed by atoms with Crippen molar-refractivity contribution in [2.75, 3.05) is 12.8 Å². The van der Waals surface area contributed by atoms with Crippen LogP contribution >= 0.6 is 0 Å². The molecule has 28 heavy (non-hydrogen) atoms. The van der Waals surface area contributed by atoms with Gasteiger partial charge in [-0.15, -0.1) is 0 Å². The number of hydrogen-bond acceptors (Lipinski definition) is 3. The van der Waals surface area contributed by atoms with Crippen LogP contribution in [-0.4, -0.2) is 35.0 Å². The summed E-state index contributed by atoms with van der Waals surface area (Å²) in [6, 6.07) is 4.17. The minimum Gasteiger partial charge on any atom is -0.306 e. The molecule has 1 aliphatic rings. The molecule has 1 saturated heterocycles.